The lowest BCUT2D eigenvalue weighted by molar-refractivity contribution is 0.409. The largest absolute Gasteiger partial charge is 0.496 e. The highest BCUT2D eigenvalue weighted by molar-refractivity contribution is 5.86. The number of methoxy groups -OCH3 is 1. The van der Waals surface area contributed by atoms with Crippen molar-refractivity contribution >= 4 is 16.8 Å². The number of allylic oxidation sites excluding steroid dienone is 1. The van der Waals surface area contributed by atoms with Gasteiger partial charge in [0.1, 0.15) is 5.75 Å². The van der Waals surface area contributed by atoms with Crippen LogP contribution in [0.1, 0.15) is 36.1 Å². The van der Waals surface area contributed by atoms with Crippen LogP contribution < -0.4 is 10.1 Å². The van der Waals surface area contributed by atoms with E-state index >= 15 is 0 Å². The van der Waals surface area contributed by atoms with Crippen molar-refractivity contribution in [1.29, 1.82) is 0 Å². The van der Waals surface area contributed by atoms with Crippen molar-refractivity contribution in [2.75, 3.05) is 7.11 Å². The zero-order valence-corrected chi connectivity index (χ0v) is 14.8. The van der Waals surface area contributed by atoms with Crippen LogP contribution in [0.3, 0.4) is 0 Å². The molecule has 0 aromatic heterocycles. The zero-order chi connectivity index (χ0) is 17.2. The smallest absolute Gasteiger partial charge is 0.122 e. The molecule has 0 saturated carbocycles. The van der Waals surface area contributed by atoms with Gasteiger partial charge in [0.2, 0.25) is 0 Å². The molecule has 0 amide bonds. The normalized spacial score (nSPS) is 14.6. The molecule has 3 aromatic carbocycles. The molecule has 0 bridgehead atoms. The third-order valence-electron chi connectivity index (χ3n) is 5.06. The average Bonchev–Trinajstić information content (AvgIpc) is 2.66. The highest BCUT2D eigenvalue weighted by atomic mass is 16.5. The van der Waals surface area contributed by atoms with E-state index in [-0.39, 0.29) is 6.04 Å². The molecule has 4 rings (SSSR count). The van der Waals surface area contributed by atoms with E-state index in [4.69, 9.17) is 4.74 Å². The molecule has 0 aliphatic heterocycles. The molecule has 0 radical (unpaired) electrons. The molecule has 0 fully saturated rings. The minimum Gasteiger partial charge on any atom is -0.496 e. The second kappa shape index (κ2) is 6.64. The summed E-state index contributed by atoms with van der Waals surface area (Å²) >= 11 is 0. The maximum atomic E-state index is 5.50. The average molecular weight is 329 g/mol. The summed E-state index contributed by atoms with van der Waals surface area (Å²) in [5.74, 6) is 0.995. The molecule has 2 nitrogen and oxygen atoms in total. The van der Waals surface area contributed by atoms with Gasteiger partial charge in [-0.1, -0.05) is 54.6 Å². The molecular formula is C23H23NO. The molecule has 0 saturated heterocycles. The van der Waals surface area contributed by atoms with E-state index in [9.17, 15) is 0 Å². The molecular weight excluding hydrogens is 306 g/mol. The number of benzene rings is 3. The van der Waals surface area contributed by atoms with Gasteiger partial charge in [0.15, 0.2) is 0 Å². The van der Waals surface area contributed by atoms with Crippen LogP contribution >= 0.6 is 0 Å². The molecule has 3 aromatic rings. The van der Waals surface area contributed by atoms with Crippen molar-refractivity contribution in [2.24, 2.45) is 0 Å². The summed E-state index contributed by atoms with van der Waals surface area (Å²) in [6.07, 6.45) is 4.30. The molecule has 1 aliphatic rings. The standard InChI is InChI=1S/C23H23NO/c1-16(20-11-5-8-17-7-3-4-10-21(17)20)24-19-13-14-22-18(15-19)9-6-12-23(22)25-2/h3-12,15-16,24H,13-14H2,1-2H3. The zero-order valence-electron chi connectivity index (χ0n) is 14.8. The first-order valence-electron chi connectivity index (χ1n) is 8.87. The van der Waals surface area contributed by atoms with Crippen LogP contribution in [-0.2, 0) is 6.42 Å². The Labute approximate surface area is 149 Å². The second-order valence-electron chi connectivity index (χ2n) is 6.63. The van der Waals surface area contributed by atoms with Crippen molar-refractivity contribution in [3.63, 3.8) is 0 Å². The minimum absolute atomic E-state index is 0.268. The third kappa shape index (κ3) is 3.00. The summed E-state index contributed by atoms with van der Waals surface area (Å²) in [5.41, 5.74) is 5.21. The first-order valence-corrected chi connectivity index (χ1v) is 8.87. The predicted molar refractivity (Wildman–Crippen MR) is 105 cm³/mol. The molecule has 1 unspecified atom stereocenters. The van der Waals surface area contributed by atoms with Gasteiger partial charge in [-0.25, -0.2) is 0 Å². The fourth-order valence-corrected chi connectivity index (χ4v) is 3.79. The van der Waals surface area contributed by atoms with Crippen LogP contribution in [0.15, 0.2) is 66.4 Å². The molecule has 2 heteroatoms. The van der Waals surface area contributed by atoms with Crippen molar-refractivity contribution in [3.05, 3.63) is 83.1 Å². The Bertz CT molecular complexity index is 936. The Hall–Kier alpha value is -2.74. The van der Waals surface area contributed by atoms with Crippen molar-refractivity contribution in [1.82, 2.24) is 5.32 Å². The fraction of sp³-hybridized carbons (Fsp3) is 0.217. The van der Waals surface area contributed by atoms with Crippen LogP contribution in [0.4, 0.5) is 0 Å². The van der Waals surface area contributed by atoms with Crippen LogP contribution in [0.2, 0.25) is 0 Å². The quantitative estimate of drug-likeness (QED) is 0.684. The summed E-state index contributed by atoms with van der Waals surface area (Å²) in [6.45, 7) is 2.24. The second-order valence-corrected chi connectivity index (χ2v) is 6.63. The predicted octanol–water partition coefficient (Wildman–Crippen LogP) is 5.49. The number of ether oxygens (including phenoxy) is 1. The van der Waals surface area contributed by atoms with E-state index in [0.717, 1.165) is 18.6 Å². The van der Waals surface area contributed by atoms with Gasteiger partial charge in [0, 0.05) is 17.3 Å². The minimum atomic E-state index is 0.268. The number of nitrogens with one attached hydrogen (secondary N) is 1. The lowest BCUT2D eigenvalue weighted by Gasteiger charge is -2.24. The third-order valence-corrected chi connectivity index (χ3v) is 5.06. The summed E-state index contributed by atoms with van der Waals surface area (Å²) in [4.78, 5) is 0. The molecule has 126 valence electrons. The van der Waals surface area contributed by atoms with Crippen molar-refractivity contribution < 1.29 is 4.74 Å². The Balaban J connectivity index is 1.62. The molecule has 0 heterocycles. The van der Waals surface area contributed by atoms with Crippen LogP contribution in [-0.4, -0.2) is 7.11 Å². The Morgan fingerprint density at radius 1 is 0.920 bits per heavy atom. The van der Waals surface area contributed by atoms with E-state index in [2.05, 4.69) is 72.9 Å². The number of hydrogen-bond acceptors (Lipinski definition) is 2. The number of fused-ring (bicyclic) bond motifs is 2. The van der Waals surface area contributed by atoms with Crippen LogP contribution in [0.25, 0.3) is 16.8 Å². The number of rotatable bonds is 4. The van der Waals surface area contributed by atoms with Gasteiger partial charge in [0.05, 0.1) is 7.11 Å². The summed E-state index contributed by atoms with van der Waals surface area (Å²) in [6, 6.07) is 21.7. The first-order chi connectivity index (χ1) is 12.3. The van der Waals surface area contributed by atoms with Crippen LogP contribution in [0.5, 0.6) is 5.75 Å². The molecule has 1 atom stereocenters. The van der Waals surface area contributed by atoms with Gasteiger partial charge in [-0.15, -0.1) is 0 Å². The summed E-state index contributed by atoms with van der Waals surface area (Å²) < 4.78 is 5.50. The van der Waals surface area contributed by atoms with E-state index in [0.29, 0.717) is 0 Å². The fourth-order valence-electron chi connectivity index (χ4n) is 3.79. The van der Waals surface area contributed by atoms with E-state index < -0.39 is 0 Å². The first kappa shape index (κ1) is 15.8. The van der Waals surface area contributed by atoms with E-state index in [1.54, 1.807) is 7.11 Å². The maximum absolute atomic E-state index is 5.50. The monoisotopic (exact) mass is 329 g/mol. The van der Waals surface area contributed by atoms with Gasteiger partial charge in [-0.3, -0.25) is 0 Å². The lowest BCUT2D eigenvalue weighted by Crippen LogP contribution is -2.20. The molecule has 1 aliphatic carbocycles. The molecule has 0 spiro atoms. The van der Waals surface area contributed by atoms with Gasteiger partial charge >= 0.3 is 0 Å². The topological polar surface area (TPSA) is 21.3 Å². The van der Waals surface area contributed by atoms with Crippen molar-refractivity contribution in [2.45, 2.75) is 25.8 Å². The lowest BCUT2D eigenvalue weighted by atomic mass is 9.93. The van der Waals surface area contributed by atoms with Gasteiger partial charge < -0.3 is 10.1 Å². The van der Waals surface area contributed by atoms with Crippen molar-refractivity contribution in [3.8, 4) is 5.75 Å². The Morgan fingerprint density at radius 2 is 1.72 bits per heavy atom. The van der Waals surface area contributed by atoms with Crippen LogP contribution in [0, 0.1) is 0 Å². The van der Waals surface area contributed by atoms with Gasteiger partial charge in [0.25, 0.3) is 0 Å². The van der Waals surface area contributed by atoms with E-state index in [1.165, 1.54) is 33.2 Å². The Morgan fingerprint density at radius 3 is 2.60 bits per heavy atom. The molecule has 25 heavy (non-hydrogen) atoms. The molecule has 1 N–H and O–H groups in total. The highest BCUT2D eigenvalue weighted by Gasteiger charge is 2.16. The van der Waals surface area contributed by atoms with Gasteiger partial charge in [-0.2, -0.15) is 0 Å². The highest BCUT2D eigenvalue weighted by Crippen LogP contribution is 2.32. The van der Waals surface area contributed by atoms with E-state index in [1.807, 2.05) is 6.07 Å². The summed E-state index contributed by atoms with van der Waals surface area (Å²) in [7, 11) is 1.75. The Kier molecular flexibility index (Phi) is 4.19. The van der Waals surface area contributed by atoms with Gasteiger partial charge in [-0.05, 0) is 53.8 Å². The SMILES string of the molecule is COc1cccc2c1CCC(NC(C)c1cccc3ccccc13)=C2. The summed E-state index contributed by atoms with van der Waals surface area (Å²) in [5, 5.41) is 6.34. The maximum Gasteiger partial charge on any atom is 0.122 e. The number of hydrogen-bond donors (Lipinski definition) is 1.